The van der Waals surface area contributed by atoms with Gasteiger partial charge >= 0.3 is 5.97 Å². The van der Waals surface area contributed by atoms with Crippen LogP contribution >= 0.6 is 0 Å². The third kappa shape index (κ3) is 6.60. The van der Waals surface area contributed by atoms with Crippen molar-refractivity contribution in [2.75, 3.05) is 13.2 Å². The van der Waals surface area contributed by atoms with Gasteiger partial charge in [0.25, 0.3) is 0 Å². The van der Waals surface area contributed by atoms with Crippen LogP contribution in [-0.4, -0.2) is 25.0 Å². The molecule has 1 aromatic rings. The Balaban J connectivity index is 2.18. The summed E-state index contributed by atoms with van der Waals surface area (Å²) >= 11 is 0. The number of hydrogen-bond donors (Lipinski definition) is 1. The van der Waals surface area contributed by atoms with Crippen LogP contribution in [0.25, 0.3) is 0 Å². The van der Waals surface area contributed by atoms with Gasteiger partial charge in [0, 0.05) is 13.0 Å². The summed E-state index contributed by atoms with van der Waals surface area (Å²) in [4.78, 5) is 22.6. The Morgan fingerprint density at radius 2 is 2.05 bits per heavy atom. The summed E-state index contributed by atoms with van der Waals surface area (Å²) < 4.78 is 4.76. The van der Waals surface area contributed by atoms with Crippen LogP contribution in [-0.2, 0) is 20.7 Å². The molecule has 0 saturated carbocycles. The van der Waals surface area contributed by atoms with Gasteiger partial charge in [-0.05, 0) is 25.8 Å². The molecular weight excluding hydrogens is 242 g/mol. The van der Waals surface area contributed by atoms with Gasteiger partial charge in [-0.1, -0.05) is 29.8 Å². The van der Waals surface area contributed by atoms with Gasteiger partial charge in [0.05, 0.1) is 13.0 Å². The highest BCUT2D eigenvalue weighted by Gasteiger charge is 2.06. The minimum atomic E-state index is -0.323. The number of hydrogen-bond acceptors (Lipinski definition) is 3. The zero-order valence-corrected chi connectivity index (χ0v) is 11.6. The van der Waals surface area contributed by atoms with E-state index in [1.165, 1.54) is 11.1 Å². The summed E-state index contributed by atoms with van der Waals surface area (Å²) in [5.41, 5.74) is 2.41. The predicted octanol–water partition coefficient (Wildman–Crippen LogP) is 2.00. The number of nitrogens with one attached hydrogen (secondary N) is 1. The lowest BCUT2D eigenvalue weighted by molar-refractivity contribution is -0.144. The van der Waals surface area contributed by atoms with E-state index >= 15 is 0 Å². The Hall–Kier alpha value is -1.84. The molecule has 1 amide bonds. The van der Waals surface area contributed by atoms with E-state index in [0.717, 1.165) is 6.42 Å². The molecule has 0 spiro atoms. The lowest BCUT2D eigenvalue weighted by Crippen LogP contribution is -2.26. The van der Waals surface area contributed by atoms with Crippen LogP contribution in [0, 0.1) is 6.92 Å². The molecule has 1 aromatic carbocycles. The maximum Gasteiger partial charge on any atom is 0.306 e. The van der Waals surface area contributed by atoms with Gasteiger partial charge in [0.2, 0.25) is 5.91 Å². The number of amides is 1. The molecule has 4 nitrogen and oxygen atoms in total. The van der Waals surface area contributed by atoms with Crippen LogP contribution < -0.4 is 5.32 Å². The first kappa shape index (κ1) is 15.2. The van der Waals surface area contributed by atoms with Gasteiger partial charge in [0.15, 0.2) is 0 Å². The Kier molecular flexibility index (Phi) is 6.64. The molecule has 0 unspecified atom stereocenters. The van der Waals surface area contributed by atoms with Crippen LogP contribution in [0.5, 0.6) is 0 Å². The van der Waals surface area contributed by atoms with Crippen LogP contribution in [0.2, 0.25) is 0 Å². The normalized spacial score (nSPS) is 10.0. The first-order valence-electron chi connectivity index (χ1n) is 6.59. The number of rotatable bonds is 7. The molecule has 0 aliphatic heterocycles. The molecule has 0 aromatic heterocycles. The summed E-state index contributed by atoms with van der Waals surface area (Å²) in [6.45, 7) is 4.74. The van der Waals surface area contributed by atoms with Crippen molar-refractivity contribution in [2.45, 2.75) is 33.1 Å². The second kappa shape index (κ2) is 8.29. The van der Waals surface area contributed by atoms with Crippen molar-refractivity contribution in [3.05, 3.63) is 35.4 Å². The SMILES string of the molecule is CCOC(=O)CCC(=O)NCCc1cccc(C)c1. The molecule has 0 aliphatic rings. The Bertz CT molecular complexity index is 429. The van der Waals surface area contributed by atoms with E-state index in [1.807, 2.05) is 25.1 Å². The maximum atomic E-state index is 11.5. The zero-order chi connectivity index (χ0) is 14.1. The van der Waals surface area contributed by atoms with E-state index in [0.29, 0.717) is 13.2 Å². The van der Waals surface area contributed by atoms with E-state index in [-0.39, 0.29) is 24.7 Å². The summed E-state index contributed by atoms with van der Waals surface area (Å²) in [6.07, 6.45) is 1.13. The highest BCUT2D eigenvalue weighted by Crippen LogP contribution is 2.04. The number of carbonyl (C=O) groups excluding carboxylic acids is 2. The largest absolute Gasteiger partial charge is 0.466 e. The zero-order valence-electron chi connectivity index (χ0n) is 11.6. The van der Waals surface area contributed by atoms with E-state index in [9.17, 15) is 9.59 Å². The molecule has 0 saturated heterocycles. The van der Waals surface area contributed by atoms with E-state index in [1.54, 1.807) is 6.92 Å². The van der Waals surface area contributed by atoms with Gasteiger partial charge in [-0.3, -0.25) is 9.59 Å². The van der Waals surface area contributed by atoms with Crippen molar-refractivity contribution < 1.29 is 14.3 Å². The fourth-order valence-electron chi connectivity index (χ4n) is 1.75. The fraction of sp³-hybridized carbons (Fsp3) is 0.467. The van der Waals surface area contributed by atoms with Crippen LogP contribution in [0.15, 0.2) is 24.3 Å². The average molecular weight is 263 g/mol. The molecule has 0 fully saturated rings. The summed E-state index contributed by atoms with van der Waals surface area (Å²) in [7, 11) is 0. The summed E-state index contributed by atoms with van der Waals surface area (Å²) in [5.74, 6) is -0.433. The van der Waals surface area contributed by atoms with Gasteiger partial charge in [-0.2, -0.15) is 0 Å². The number of ether oxygens (including phenoxy) is 1. The van der Waals surface area contributed by atoms with Crippen LogP contribution in [0.4, 0.5) is 0 Å². The second-order valence-electron chi connectivity index (χ2n) is 4.39. The van der Waals surface area contributed by atoms with Crippen LogP contribution in [0.3, 0.4) is 0 Å². The highest BCUT2D eigenvalue weighted by atomic mass is 16.5. The molecule has 4 heteroatoms. The highest BCUT2D eigenvalue weighted by molar-refractivity contribution is 5.81. The Morgan fingerprint density at radius 3 is 2.74 bits per heavy atom. The molecule has 0 radical (unpaired) electrons. The van der Waals surface area contributed by atoms with Crippen LogP contribution in [0.1, 0.15) is 30.9 Å². The monoisotopic (exact) mass is 263 g/mol. The first-order chi connectivity index (χ1) is 9.11. The fourth-order valence-corrected chi connectivity index (χ4v) is 1.75. The van der Waals surface area contributed by atoms with E-state index in [4.69, 9.17) is 4.74 Å². The minimum Gasteiger partial charge on any atom is -0.466 e. The second-order valence-corrected chi connectivity index (χ2v) is 4.39. The van der Waals surface area contributed by atoms with E-state index < -0.39 is 0 Å². The van der Waals surface area contributed by atoms with Crippen molar-refractivity contribution in [3.8, 4) is 0 Å². The smallest absolute Gasteiger partial charge is 0.306 e. The Labute approximate surface area is 114 Å². The minimum absolute atomic E-state index is 0.110. The van der Waals surface area contributed by atoms with Gasteiger partial charge in [-0.15, -0.1) is 0 Å². The molecule has 0 heterocycles. The molecule has 104 valence electrons. The van der Waals surface area contributed by atoms with Gasteiger partial charge in [-0.25, -0.2) is 0 Å². The van der Waals surface area contributed by atoms with Gasteiger partial charge in [0.1, 0.15) is 0 Å². The molecule has 0 aliphatic carbocycles. The third-order valence-corrected chi connectivity index (χ3v) is 2.68. The Morgan fingerprint density at radius 1 is 1.26 bits per heavy atom. The van der Waals surface area contributed by atoms with Crippen molar-refractivity contribution in [3.63, 3.8) is 0 Å². The third-order valence-electron chi connectivity index (χ3n) is 2.68. The molecular formula is C15H21NO3. The summed E-state index contributed by atoms with van der Waals surface area (Å²) in [6, 6.07) is 8.19. The van der Waals surface area contributed by atoms with Crippen molar-refractivity contribution in [1.82, 2.24) is 5.32 Å². The number of benzene rings is 1. The molecule has 0 bridgehead atoms. The first-order valence-corrected chi connectivity index (χ1v) is 6.59. The average Bonchev–Trinajstić information content (AvgIpc) is 2.37. The number of carbonyl (C=O) groups is 2. The summed E-state index contributed by atoms with van der Waals surface area (Å²) in [5, 5.41) is 2.80. The van der Waals surface area contributed by atoms with E-state index in [2.05, 4.69) is 11.4 Å². The lowest BCUT2D eigenvalue weighted by Gasteiger charge is -2.06. The lowest BCUT2D eigenvalue weighted by atomic mass is 10.1. The maximum absolute atomic E-state index is 11.5. The van der Waals surface area contributed by atoms with Crippen molar-refractivity contribution in [2.24, 2.45) is 0 Å². The molecule has 1 N–H and O–H groups in total. The topological polar surface area (TPSA) is 55.4 Å². The molecule has 0 atom stereocenters. The molecule has 1 rings (SSSR count). The van der Waals surface area contributed by atoms with Crippen molar-refractivity contribution >= 4 is 11.9 Å². The quantitative estimate of drug-likeness (QED) is 0.765. The molecule has 19 heavy (non-hydrogen) atoms. The standard InChI is InChI=1S/C15H21NO3/c1-3-19-15(18)8-7-14(17)16-10-9-13-6-4-5-12(2)11-13/h4-6,11H,3,7-10H2,1-2H3,(H,16,17). The number of esters is 1. The number of aryl methyl sites for hydroxylation is 1. The predicted molar refractivity (Wildman–Crippen MR) is 73.8 cm³/mol. The van der Waals surface area contributed by atoms with Crippen molar-refractivity contribution in [1.29, 1.82) is 0 Å². The van der Waals surface area contributed by atoms with Gasteiger partial charge < -0.3 is 10.1 Å².